The molecule has 1 amide bonds. The number of methoxy groups -OCH3 is 1. The third-order valence-corrected chi connectivity index (χ3v) is 8.29. The molecule has 3 aliphatic rings. The van der Waals surface area contributed by atoms with Crippen molar-refractivity contribution in [3.63, 3.8) is 0 Å². The molecule has 1 saturated heterocycles. The number of carbonyl (C=O) groups is 1. The molecular weight excluding hydrogens is 400 g/mol. The van der Waals surface area contributed by atoms with Gasteiger partial charge < -0.3 is 14.5 Å². The van der Waals surface area contributed by atoms with E-state index in [1.54, 1.807) is 7.11 Å². The third kappa shape index (κ3) is 4.38. The molecule has 5 heteroatoms. The Morgan fingerprint density at radius 3 is 2.50 bits per heavy atom. The highest BCUT2D eigenvalue weighted by Crippen LogP contribution is 2.59. The molecule has 3 fully saturated rings. The van der Waals surface area contributed by atoms with Gasteiger partial charge in [-0.1, -0.05) is 43.2 Å². The molecule has 1 spiro atoms. The zero-order valence-electron chi connectivity index (χ0n) is 19.3. The molecule has 1 aromatic carbocycles. The van der Waals surface area contributed by atoms with Crippen LogP contribution in [0.4, 0.5) is 0 Å². The molecule has 2 heterocycles. The SMILES string of the molecule is COCc1ccc(CN2CCC3(CC2)CC3C(=O)NCC2(c3ccccc3)CCCC2)o1. The Hall–Kier alpha value is -2.11. The fraction of sp³-hybridized carbons (Fsp3) is 0.593. The smallest absolute Gasteiger partial charge is 0.223 e. The fourth-order valence-corrected chi connectivity index (χ4v) is 6.17. The Bertz CT molecular complexity index is 908. The van der Waals surface area contributed by atoms with Gasteiger partial charge in [-0.15, -0.1) is 0 Å². The molecule has 2 aromatic rings. The summed E-state index contributed by atoms with van der Waals surface area (Å²) in [4.78, 5) is 15.5. The van der Waals surface area contributed by atoms with Crippen LogP contribution in [-0.2, 0) is 28.1 Å². The number of benzene rings is 1. The third-order valence-electron chi connectivity index (χ3n) is 8.29. The predicted octanol–water partition coefficient (Wildman–Crippen LogP) is 4.66. The first-order valence-electron chi connectivity index (χ1n) is 12.2. The fourth-order valence-electron chi connectivity index (χ4n) is 6.17. The van der Waals surface area contributed by atoms with E-state index in [9.17, 15) is 4.79 Å². The summed E-state index contributed by atoms with van der Waals surface area (Å²) in [5.74, 6) is 2.37. The molecule has 1 N–H and O–H groups in total. The summed E-state index contributed by atoms with van der Waals surface area (Å²) in [7, 11) is 1.68. The van der Waals surface area contributed by atoms with Crippen LogP contribution in [0.3, 0.4) is 0 Å². The predicted molar refractivity (Wildman–Crippen MR) is 124 cm³/mol. The second-order valence-electron chi connectivity index (χ2n) is 10.3. The highest BCUT2D eigenvalue weighted by atomic mass is 16.5. The van der Waals surface area contributed by atoms with Crippen LogP contribution in [0.5, 0.6) is 0 Å². The Labute approximate surface area is 191 Å². The maximum atomic E-state index is 13.1. The van der Waals surface area contributed by atoms with E-state index in [0.29, 0.717) is 6.61 Å². The number of ether oxygens (including phenoxy) is 1. The summed E-state index contributed by atoms with van der Waals surface area (Å²) in [5.41, 5.74) is 1.76. The molecule has 172 valence electrons. The molecule has 0 radical (unpaired) electrons. The van der Waals surface area contributed by atoms with Crippen LogP contribution < -0.4 is 5.32 Å². The lowest BCUT2D eigenvalue weighted by Gasteiger charge is -2.33. The van der Waals surface area contributed by atoms with Crippen LogP contribution in [0.2, 0.25) is 0 Å². The van der Waals surface area contributed by atoms with Gasteiger partial charge in [0.1, 0.15) is 18.1 Å². The van der Waals surface area contributed by atoms with Gasteiger partial charge in [0.05, 0.1) is 6.54 Å². The van der Waals surface area contributed by atoms with Crippen molar-refractivity contribution in [2.45, 2.75) is 63.5 Å². The molecule has 32 heavy (non-hydrogen) atoms. The molecule has 1 unspecified atom stereocenters. The van der Waals surface area contributed by atoms with Crippen LogP contribution in [0.25, 0.3) is 0 Å². The zero-order chi connectivity index (χ0) is 22.0. The Balaban J connectivity index is 1.12. The van der Waals surface area contributed by atoms with Crippen molar-refractivity contribution in [3.8, 4) is 0 Å². The average molecular weight is 437 g/mol. The van der Waals surface area contributed by atoms with Crippen molar-refractivity contribution in [2.75, 3.05) is 26.7 Å². The summed E-state index contributed by atoms with van der Waals surface area (Å²) in [6, 6.07) is 14.9. The summed E-state index contributed by atoms with van der Waals surface area (Å²) in [5, 5.41) is 3.38. The topological polar surface area (TPSA) is 54.7 Å². The summed E-state index contributed by atoms with van der Waals surface area (Å²) < 4.78 is 11.0. The Morgan fingerprint density at radius 2 is 1.78 bits per heavy atom. The van der Waals surface area contributed by atoms with Crippen molar-refractivity contribution in [2.24, 2.45) is 11.3 Å². The van der Waals surface area contributed by atoms with Crippen molar-refractivity contribution in [1.82, 2.24) is 10.2 Å². The van der Waals surface area contributed by atoms with E-state index >= 15 is 0 Å². The number of nitrogens with one attached hydrogen (secondary N) is 1. The maximum Gasteiger partial charge on any atom is 0.223 e. The highest BCUT2D eigenvalue weighted by molar-refractivity contribution is 5.82. The van der Waals surface area contributed by atoms with Crippen molar-refractivity contribution < 1.29 is 13.9 Å². The van der Waals surface area contributed by atoms with Crippen LogP contribution in [0.15, 0.2) is 46.9 Å². The van der Waals surface area contributed by atoms with E-state index in [0.717, 1.165) is 57.0 Å². The number of amides is 1. The minimum Gasteiger partial charge on any atom is -0.462 e. The largest absolute Gasteiger partial charge is 0.462 e. The molecule has 5 nitrogen and oxygen atoms in total. The lowest BCUT2D eigenvalue weighted by atomic mass is 9.78. The first kappa shape index (κ1) is 21.7. The second kappa shape index (κ2) is 9.03. The van der Waals surface area contributed by atoms with E-state index in [-0.39, 0.29) is 22.7 Å². The van der Waals surface area contributed by atoms with Gasteiger partial charge in [0.2, 0.25) is 5.91 Å². The van der Waals surface area contributed by atoms with Gasteiger partial charge in [-0.25, -0.2) is 0 Å². The van der Waals surface area contributed by atoms with Gasteiger partial charge in [-0.05, 0) is 68.3 Å². The second-order valence-corrected chi connectivity index (χ2v) is 10.3. The first-order valence-corrected chi connectivity index (χ1v) is 12.2. The first-order chi connectivity index (χ1) is 15.6. The number of furan rings is 1. The summed E-state index contributed by atoms with van der Waals surface area (Å²) >= 11 is 0. The number of rotatable bonds is 8. The maximum absolute atomic E-state index is 13.1. The van der Waals surface area contributed by atoms with Gasteiger partial charge in [0.15, 0.2) is 0 Å². The average Bonchev–Trinajstić information content (AvgIpc) is 3.15. The molecular formula is C27H36N2O3. The molecule has 1 atom stereocenters. The van der Waals surface area contributed by atoms with Gasteiger partial charge in [-0.3, -0.25) is 9.69 Å². The van der Waals surface area contributed by atoms with Crippen molar-refractivity contribution in [1.29, 1.82) is 0 Å². The Kier molecular flexibility index (Phi) is 6.13. The van der Waals surface area contributed by atoms with Gasteiger partial charge in [-0.2, -0.15) is 0 Å². The van der Waals surface area contributed by atoms with E-state index in [4.69, 9.17) is 9.15 Å². The minimum absolute atomic E-state index is 0.132. The number of carbonyl (C=O) groups excluding carboxylic acids is 1. The number of hydrogen-bond acceptors (Lipinski definition) is 4. The highest BCUT2D eigenvalue weighted by Gasteiger charge is 2.58. The molecule has 2 saturated carbocycles. The molecule has 2 aliphatic carbocycles. The lowest BCUT2D eigenvalue weighted by molar-refractivity contribution is -0.123. The summed E-state index contributed by atoms with van der Waals surface area (Å²) in [6.07, 6.45) is 8.17. The number of hydrogen-bond donors (Lipinski definition) is 1. The van der Waals surface area contributed by atoms with Crippen LogP contribution in [0, 0.1) is 11.3 Å². The van der Waals surface area contributed by atoms with E-state index < -0.39 is 0 Å². The molecule has 0 bridgehead atoms. The molecule has 1 aromatic heterocycles. The minimum atomic E-state index is 0.132. The number of nitrogens with zero attached hydrogens (tertiary/aromatic N) is 1. The van der Waals surface area contributed by atoms with Crippen molar-refractivity contribution in [3.05, 3.63) is 59.5 Å². The summed E-state index contributed by atoms with van der Waals surface area (Å²) in [6.45, 7) is 4.23. The van der Waals surface area contributed by atoms with Crippen LogP contribution in [0.1, 0.15) is 62.0 Å². The van der Waals surface area contributed by atoms with E-state index in [1.165, 1.54) is 31.2 Å². The number of piperidine rings is 1. The van der Waals surface area contributed by atoms with Gasteiger partial charge in [0.25, 0.3) is 0 Å². The normalized spacial score (nSPS) is 24.0. The number of likely N-dealkylation sites (tertiary alicyclic amines) is 1. The van der Waals surface area contributed by atoms with Gasteiger partial charge >= 0.3 is 0 Å². The van der Waals surface area contributed by atoms with E-state index in [2.05, 4.69) is 46.6 Å². The van der Waals surface area contributed by atoms with Crippen LogP contribution in [-0.4, -0.2) is 37.6 Å². The van der Waals surface area contributed by atoms with E-state index in [1.807, 2.05) is 6.07 Å². The quantitative estimate of drug-likeness (QED) is 0.654. The molecule has 5 rings (SSSR count). The molecule has 1 aliphatic heterocycles. The standard InChI is InChI=1S/C27H36N2O3/c1-31-19-23-10-9-22(32-23)18-29-15-13-26(14-16-29)17-24(26)25(30)28-20-27(11-5-6-12-27)21-7-3-2-4-8-21/h2-4,7-10,24H,5-6,11-20H2,1H3,(H,28,30). The van der Waals surface area contributed by atoms with Crippen molar-refractivity contribution >= 4 is 5.91 Å². The van der Waals surface area contributed by atoms with Crippen LogP contribution >= 0.6 is 0 Å². The monoisotopic (exact) mass is 436 g/mol. The Morgan fingerprint density at radius 1 is 1.06 bits per heavy atom. The van der Waals surface area contributed by atoms with Gasteiger partial charge in [0, 0.05) is 25.0 Å². The lowest BCUT2D eigenvalue weighted by Crippen LogP contribution is -2.41. The zero-order valence-corrected chi connectivity index (χ0v) is 19.3.